The molecule has 0 atom stereocenters. The number of hydrogen-bond acceptors (Lipinski definition) is 3. The number of Topliss-reactive ketones (excluding diaryl/α,β-unsaturated/α-hetero) is 1. The molecule has 102 valence electrons. The molecule has 7 heteroatoms. The molecule has 1 aromatic heterocycles. The van der Waals surface area contributed by atoms with E-state index in [4.69, 9.17) is 0 Å². The second-order valence-corrected chi connectivity index (χ2v) is 6.91. The van der Waals surface area contributed by atoms with E-state index in [2.05, 4.69) is 31.9 Å². The van der Waals surface area contributed by atoms with Crippen molar-refractivity contribution in [3.63, 3.8) is 0 Å². The molecule has 1 amide bonds. The number of nitrogens with zero attached hydrogens (tertiary/aromatic N) is 1. The lowest BCUT2D eigenvalue weighted by Crippen LogP contribution is -2.29. The van der Waals surface area contributed by atoms with Crippen LogP contribution in [0.15, 0.2) is 32.5 Å². The smallest absolute Gasteiger partial charge is 0.298 e. The van der Waals surface area contributed by atoms with E-state index in [1.165, 1.54) is 22.3 Å². The zero-order valence-corrected chi connectivity index (χ0v) is 13.8. The monoisotopic (exact) mass is 417 g/mol. The van der Waals surface area contributed by atoms with Crippen LogP contribution < -0.4 is 4.90 Å². The lowest BCUT2D eigenvalue weighted by Gasteiger charge is -2.17. The van der Waals surface area contributed by atoms with Crippen LogP contribution in [0.5, 0.6) is 0 Å². The molecule has 20 heavy (non-hydrogen) atoms. The Kier molecular flexibility index (Phi) is 3.51. The number of fused-ring (bicyclic) bond motifs is 1. The summed E-state index contributed by atoms with van der Waals surface area (Å²) >= 11 is 8.10. The first-order valence-electron chi connectivity index (χ1n) is 5.56. The maximum atomic E-state index is 13.4. The number of anilines is 1. The summed E-state index contributed by atoms with van der Waals surface area (Å²) in [6, 6.07) is 4.23. The molecular formula is C13H6Br2FNO2S. The molecule has 0 radical (unpaired) electrons. The van der Waals surface area contributed by atoms with Gasteiger partial charge in [-0.25, -0.2) is 4.39 Å². The van der Waals surface area contributed by atoms with Gasteiger partial charge in [-0.15, -0.1) is 11.3 Å². The van der Waals surface area contributed by atoms with Crippen molar-refractivity contribution >= 4 is 60.6 Å². The van der Waals surface area contributed by atoms with Crippen LogP contribution in [0.3, 0.4) is 0 Å². The summed E-state index contributed by atoms with van der Waals surface area (Å²) in [7, 11) is 0. The Balaban J connectivity index is 2.09. The number of hydrogen-bond donors (Lipinski definition) is 0. The Morgan fingerprint density at radius 1 is 1.20 bits per heavy atom. The highest BCUT2D eigenvalue weighted by Gasteiger charge is 2.38. The molecule has 0 aliphatic carbocycles. The number of benzene rings is 1. The number of halogens is 3. The first kappa shape index (κ1) is 13.9. The minimum atomic E-state index is -0.673. The van der Waals surface area contributed by atoms with E-state index in [9.17, 15) is 14.0 Å². The van der Waals surface area contributed by atoms with E-state index in [1.807, 2.05) is 11.4 Å². The number of carbonyl (C=O) groups is 2. The van der Waals surface area contributed by atoms with Gasteiger partial charge in [0.05, 0.1) is 17.8 Å². The largest absolute Gasteiger partial charge is 0.299 e. The van der Waals surface area contributed by atoms with Gasteiger partial charge in [-0.3, -0.25) is 14.5 Å². The van der Waals surface area contributed by atoms with Crippen molar-refractivity contribution in [1.29, 1.82) is 0 Å². The van der Waals surface area contributed by atoms with Gasteiger partial charge in [-0.05, 0) is 55.4 Å². The summed E-state index contributed by atoms with van der Waals surface area (Å²) in [5.41, 5.74) is 0.538. The Morgan fingerprint density at radius 2 is 1.95 bits per heavy atom. The van der Waals surface area contributed by atoms with Gasteiger partial charge in [0.15, 0.2) is 0 Å². The maximum Gasteiger partial charge on any atom is 0.299 e. The summed E-state index contributed by atoms with van der Waals surface area (Å²) in [6.07, 6.45) is 0. The van der Waals surface area contributed by atoms with Crippen molar-refractivity contribution in [3.05, 3.63) is 48.8 Å². The van der Waals surface area contributed by atoms with Crippen LogP contribution in [0.1, 0.15) is 15.2 Å². The second-order valence-electron chi connectivity index (χ2n) is 4.20. The normalized spacial score (nSPS) is 14.1. The molecule has 3 rings (SSSR count). The average molecular weight is 419 g/mol. The molecule has 1 aliphatic heterocycles. The highest BCUT2D eigenvalue weighted by Crippen LogP contribution is 2.39. The van der Waals surface area contributed by atoms with Crippen molar-refractivity contribution in [2.45, 2.75) is 6.54 Å². The maximum absolute atomic E-state index is 13.4. The fraction of sp³-hybridized carbons (Fsp3) is 0.0769. The van der Waals surface area contributed by atoms with E-state index < -0.39 is 17.5 Å². The number of amides is 1. The molecular weight excluding hydrogens is 413 g/mol. The highest BCUT2D eigenvalue weighted by atomic mass is 79.9. The van der Waals surface area contributed by atoms with Gasteiger partial charge in [-0.1, -0.05) is 0 Å². The minimum absolute atomic E-state index is 0.106. The zero-order valence-electron chi connectivity index (χ0n) is 9.82. The fourth-order valence-corrected chi connectivity index (χ4v) is 4.20. The van der Waals surface area contributed by atoms with Crippen LogP contribution in [0.4, 0.5) is 10.1 Å². The molecule has 0 saturated carbocycles. The predicted molar refractivity (Wildman–Crippen MR) is 81.6 cm³/mol. The Labute approximate surface area is 134 Å². The quantitative estimate of drug-likeness (QED) is 0.687. The molecule has 3 nitrogen and oxygen atoms in total. The Hall–Kier alpha value is -1.05. The zero-order chi connectivity index (χ0) is 14.4. The molecule has 2 aromatic rings. The van der Waals surface area contributed by atoms with Gasteiger partial charge in [-0.2, -0.15) is 0 Å². The van der Waals surface area contributed by atoms with Crippen molar-refractivity contribution in [2.24, 2.45) is 0 Å². The fourth-order valence-electron chi connectivity index (χ4n) is 2.09. The van der Waals surface area contributed by atoms with E-state index in [0.717, 1.165) is 15.4 Å². The molecule has 0 unspecified atom stereocenters. The van der Waals surface area contributed by atoms with E-state index >= 15 is 0 Å². The number of ketones is 1. The van der Waals surface area contributed by atoms with Crippen molar-refractivity contribution in [1.82, 2.24) is 0 Å². The molecule has 0 fully saturated rings. The third-order valence-electron chi connectivity index (χ3n) is 2.97. The summed E-state index contributed by atoms with van der Waals surface area (Å²) in [5, 5.41) is 1.89. The second kappa shape index (κ2) is 5.05. The molecule has 1 aliphatic rings. The van der Waals surface area contributed by atoms with Crippen LogP contribution >= 0.6 is 43.2 Å². The van der Waals surface area contributed by atoms with E-state index in [0.29, 0.717) is 10.2 Å². The van der Waals surface area contributed by atoms with Crippen molar-refractivity contribution in [3.8, 4) is 0 Å². The summed E-state index contributed by atoms with van der Waals surface area (Å²) in [6.45, 7) is 0.278. The predicted octanol–water partition coefficient (Wildman–Crippen LogP) is 4.14. The van der Waals surface area contributed by atoms with Crippen LogP contribution in [-0.2, 0) is 11.3 Å². The third-order valence-corrected chi connectivity index (χ3v) is 5.49. The van der Waals surface area contributed by atoms with E-state index in [1.54, 1.807) is 0 Å². The van der Waals surface area contributed by atoms with Crippen molar-refractivity contribution in [2.75, 3.05) is 4.90 Å². The minimum Gasteiger partial charge on any atom is -0.298 e. The molecule has 0 spiro atoms. The molecule has 2 heterocycles. The highest BCUT2D eigenvalue weighted by molar-refractivity contribution is 9.11. The topological polar surface area (TPSA) is 37.4 Å². The Bertz CT molecular complexity index is 744. The van der Waals surface area contributed by atoms with Crippen LogP contribution in [0.25, 0.3) is 0 Å². The first-order valence-corrected chi connectivity index (χ1v) is 8.02. The number of carbonyl (C=O) groups excluding carboxylic acids is 2. The lowest BCUT2D eigenvalue weighted by atomic mass is 10.1. The van der Waals surface area contributed by atoms with Gasteiger partial charge in [0.1, 0.15) is 5.82 Å². The summed E-state index contributed by atoms with van der Waals surface area (Å²) in [4.78, 5) is 26.3. The van der Waals surface area contributed by atoms with Crippen molar-refractivity contribution < 1.29 is 14.0 Å². The first-order chi connectivity index (χ1) is 9.49. The molecule has 1 aromatic carbocycles. The van der Waals surface area contributed by atoms with Crippen LogP contribution in [0.2, 0.25) is 0 Å². The number of rotatable bonds is 2. The molecule has 0 saturated heterocycles. The van der Waals surface area contributed by atoms with E-state index in [-0.39, 0.29) is 12.1 Å². The standard InChI is InChI=1S/C13H6Br2FNO2S/c14-8-1-2-20-10(8)5-17-11-7(12(18)13(17)19)3-6(16)4-9(11)15/h1-4H,5H2. The Morgan fingerprint density at radius 3 is 2.60 bits per heavy atom. The van der Waals surface area contributed by atoms with Gasteiger partial charge < -0.3 is 0 Å². The summed E-state index contributed by atoms with van der Waals surface area (Å²) < 4.78 is 14.7. The molecule has 0 N–H and O–H groups in total. The third kappa shape index (κ3) is 2.13. The lowest BCUT2D eigenvalue weighted by molar-refractivity contribution is -0.114. The van der Waals surface area contributed by atoms with Gasteiger partial charge in [0.2, 0.25) is 0 Å². The van der Waals surface area contributed by atoms with Gasteiger partial charge in [0.25, 0.3) is 11.7 Å². The molecule has 0 bridgehead atoms. The van der Waals surface area contributed by atoms with Crippen LogP contribution in [0, 0.1) is 5.82 Å². The number of thiophene rings is 1. The van der Waals surface area contributed by atoms with Gasteiger partial charge in [0, 0.05) is 13.8 Å². The summed E-state index contributed by atoms with van der Waals surface area (Å²) in [5.74, 6) is -1.85. The SMILES string of the molecule is O=C1C(=O)N(Cc2sccc2Br)c2c(Br)cc(F)cc21. The van der Waals surface area contributed by atoms with Crippen LogP contribution in [-0.4, -0.2) is 11.7 Å². The van der Waals surface area contributed by atoms with Gasteiger partial charge >= 0.3 is 0 Å². The average Bonchev–Trinajstić information content (AvgIpc) is 2.88.